The van der Waals surface area contributed by atoms with Crippen LogP contribution >= 0.6 is 0 Å². The van der Waals surface area contributed by atoms with Gasteiger partial charge in [0.15, 0.2) is 0 Å². The van der Waals surface area contributed by atoms with Crippen molar-refractivity contribution < 1.29 is 9.53 Å². The zero-order valence-corrected chi connectivity index (χ0v) is 13.0. The molecule has 0 fully saturated rings. The predicted octanol–water partition coefficient (Wildman–Crippen LogP) is 4.00. The molecule has 0 radical (unpaired) electrons. The fraction of sp³-hybridized carbons (Fsp3) is 0.158. The third kappa shape index (κ3) is 3.48. The molecule has 116 valence electrons. The number of carbonyl (C=O) groups is 1. The Balaban J connectivity index is 1.83. The first kappa shape index (κ1) is 15.0. The lowest BCUT2D eigenvalue weighted by atomic mass is 10.1. The highest BCUT2D eigenvalue weighted by atomic mass is 16.5. The maximum absolute atomic E-state index is 11.8. The molecule has 0 aliphatic rings. The van der Waals surface area contributed by atoms with Gasteiger partial charge in [-0.1, -0.05) is 42.5 Å². The summed E-state index contributed by atoms with van der Waals surface area (Å²) in [5.41, 5.74) is 3.52. The maximum atomic E-state index is 11.8. The molecule has 0 saturated heterocycles. The van der Waals surface area contributed by atoms with E-state index >= 15 is 0 Å². The Labute approximate surface area is 134 Å². The molecule has 0 saturated carbocycles. The van der Waals surface area contributed by atoms with Crippen LogP contribution in [0.3, 0.4) is 0 Å². The number of esters is 1. The molecule has 23 heavy (non-hydrogen) atoms. The van der Waals surface area contributed by atoms with Crippen molar-refractivity contribution in [2.45, 2.75) is 13.3 Å². The molecule has 0 aliphatic carbocycles. The highest BCUT2D eigenvalue weighted by Crippen LogP contribution is 2.20. The van der Waals surface area contributed by atoms with Crippen molar-refractivity contribution >= 4 is 22.9 Å². The standard InChI is InChI=1S/C19H18N2O2/c1-2-23-19(22)17-11-16-15(12-20-18(16)13-21-17)10-6-9-14-7-4-3-5-8-14/h3-8,10-13,20H,2,9H2,1H3/b10-6+. The van der Waals surface area contributed by atoms with Crippen molar-refractivity contribution in [3.8, 4) is 0 Å². The number of ether oxygens (including phenoxy) is 1. The van der Waals surface area contributed by atoms with Gasteiger partial charge in [-0.2, -0.15) is 0 Å². The minimum absolute atomic E-state index is 0.330. The van der Waals surface area contributed by atoms with Crippen molar-refractivity contribution in [3.63, 3.8) is 0 Å². The average molecular weight is 306 g/mol. The van der Waals surface area contributed by atoms with E-state index in [1.54, 1.807) is 19.2 Å². The molecule has 1 aromatic carbocycles. The summed E-state index contributed by atoms with van der Waals surface area (Å²) in [6.07, 6.45) is 8.62. The van der Waals surface area contributed by atoms with E-state index in [0.717, 1.165) is 22.9 Å². The molecule has 0 bridgehead atoms. The van der Waals surface area contributed by atoms with E-state index < -0.39 is 5.97 Å². The number of carbonyl (C=O) groups excluding carboxylic acids is 1. The molecule has 0 atom stereocenters. The molecule has 0 spiro atoms. The number of pyridine rings is 1. The van der Waals surface area contributed by atoms with Crippen LogP contribution in [0, 0.1) is 0 Å². The smallest absolute Gasteiger partial charge is 0.356 e. The Hall–Kier alpha value is -2.88. The second kappa shape index (κ2) is 6.92. The first-order chi connectivity index (χ1) is 11.3. The molecule has 3 rings (SSSR count). The van der Waals surface area contributed by atoms with Gasteiger partial charge in [-0.15, -0.1) is 0 Å². The summed E-state index contributed by atoms with van der Waals surface area (Å²) in [5.74, 6) is -0.394. The number of nitrogens with one attached hydrogen (secondary N) is 1. The molecule has 3 aromatic rings. The summed E-state index contributed by atoms with van der Waals surface area (Å²) in [6, 6.07) is 12.0. The Morgan fingerprint density at radius 1 is 1.30 bits per heavy atom. The first-order valence-corrected chi connectivity index (χ1v) is 7.62. The van der Waals surface area contributed by atoms with E-state index in [4.69, 9.17) is 4.74 Å². The Bertz CT molecular complexity index is 835. The third-order valence-electron chi connectivity index (χ3n) is 3.58. The maximum Gasteiger partial charge on any atom is 0.356 e. The number of H-pyrrole nitrogens is 1. The van der Waals surface area contributed by atoms with Crippen LogP contribution in [-0.4, -0.2) is 22.5 Å². The van der Waals surface area contributed by atoms with Gasteiger partial charge in [-0.25, -0.2) is 9.78 Å². The Morgan fingerprint density at radius 2 is 2.13 bits per heavy atom. The Kier molecular flexibility index (Phi) is 4.52. The number of fused-ring (bicyclic) bond motifs is 1. The number of aromatic nitrogens is 2. The number of benzene rings is 1. The van der Waals surface area contributed by atoms with Crippen molar-refractivity contribution in [1.82, 2.24) is 9.97 Å². The van der Waals surface area contributed by atoms with Crippen molar-refractivity contribution in [2.75, 3.05) is 6.61 Å². The van der Waals surface area contributed by atoms with Gasteiger partial charge in [0.2, 0.25) is 0 Å². The molecule has 2 heterocycles. The van der Waals surface area contributed by atoms with Gasteiger partial charge in [0.05, 0.1) is 18.3 Å². The predicted molar refractivity (Wildman–Crippen MR) is 91.2 cm³/mol. The fourth-order valence-electron chi connectivity index (χ4n) is 2.43. The summed E-state index contributed by atoms with van der Waals surface area (Å²) >= 11 is 0. The highest BCUT2D eigenvalue weighted by molar-refractivity contribution is 5.95. The second-order valence-corrected chi connectivity index (χ2v) is 5.17. The van der Waals surface area contributed by atoms with E-state index in [1.807, 2.05) is 24.4 Å². The van der Waals surface area contributed by atoms with E-state index in [1.165, 1.54) is 5.56 Å². The molecular formula is C19H18N2O2. The van der Waals surface area contributed by atoms with Crippen LogP contribution in [0.1, 0.15) is 28.5 Å². The van der Waals surface area contributed by atoms with Crippen LogP contribution in [0.15, 0.2) is 54.9 Å². The van der Waals surface area contributed by atoms with Crippen molar-refractivity contribution in [1.29, 1.82) is 0 Å². The topological polar surface area (TPSA) is 55.0 Å². The monoisotopic (exact) mass is 306 g/mol. The van der Waals surface area contributed by atoms with Gasteiger partial charge in [-0.3, -0.25) is 0 Å². The van der Waals surface area contributed by atoms with E-state index in [-0.39, 0.29) is 0 Å². The summed E-state index contributed by atoms with van der Waals surface area (Å²) in [5, 5.41) is 0.965. The number of nitrogens with zero attached hydrogens (tertiary/aromatic N) is 1. The van der Waals surface area contributed by atoms with Crippen LogP contribution in [0.4, 0.5) is 0 Å². The first-order valence-electron chi connectivity index (χ1n) is 7.62. The molecule has 4 nitrogen and oxygen atoms in total. The van der Waals surface area contributed by atoms with Crippen LogP contribution in [-0.2, 0) is 11.2 Å². The number of aromatic amines is 1. The number of rotatable bonds is 5. The fourth-order valence-corrected chi connectivity index (χ4v) is 2.43. The Morgan fingerprint density at radius 3 is 2.91 bits per heavy atom. The van der Waals surface area contributed by atoms with Crippen LogP contribution in [0.5, 0.6) is 0 Å². The van der Waals surface area contributed by atoms with Gasteiger partial charge in [0, 0.05) is 11.6 Å². The highest BCUT2D eigenvalue weighted by Gasteiger charge is 2.10. The normalized spacial score (nSPS) is 11.2. The van der Waals surface area contributed by atoms with Crippen molar-refractivity contribution in [3.05, 3.63) is 71.7 Å². The third-order valence-corrected chi connectivity index (χ3v) is 3.58. The summed E-state index contributed by atoms with van der Waals surface area (Å²) in [4.78, 5) is 19.1. The number of hydrogen-bond donors (Lipinski definition) is 1. The van der Waals surface area contributed by atoms with Crippen LogP contribution in [0.2, 0.25) is 0 Å². The lowest BCUT2D eigenvalue weighted by molar-refractivity contribution is 0.0520. The molecule has 1 N–H and O–H groups in total. The van der Waals surface area contributed by atoms with Crippen LogP contribution in [0.25, 0.3) is 17.0 Å². The summed E-state index contributed by atoms with van der Waals surface area (Å²) in [7, 11) is 0. The quantitative estimate of drug-likeness (QED) is 0.725. The summed E-state index contributed by atoms with van der Waals surface area (Å²) < 4.78 is 5.00. The molecule has 0 unspecified atom stereocenters. The van der Waals surface area contributed by atoms with E-state index in [2.05, 4.69) is 34.3 Å². The molecule has 2 aromatic heterocycles. The van der Waals surface area contributed by atoms with Gasteiger partial charge >= 0.3 is 5.97 Å². The summed E-state index contributed by atoms with van der Waals surface area (Å²) in [6.45, 7) is 2.12. The van der Waals surface area contributed by atoms with Crippen molar-refractivity contribution in [2.24, 2.45) is 0 Å². The molecule has 0 aliphatic heterocycles. The number of hydrogen-bond acceptors (Lipinski definition) is 3. The lowest BCUT2D eigenvalue weighted by Gasteiger charge is -2.01. The van der Waals surface area contributed by atoms with Gasteiger partial charge < -0.3 is 9.72 Å². The molecule has 4 heteroatoms. The molecular weight excluding hydrogens is 288 g/mol. The second-order valence-electron chi connectivity index (χ2n) is 5.17. The molecule has 0 amide bonds. The van der Waals surface area contributed by atoms with Gasteiger partial charge in [-0.05, 0) is 30.5 Å². The van der Waals surface area contributed by atoms with E-state index in [0.29, 0.717) is 12.3 Å². The van der Waals surface area contributed by atoms with Crippen LogP contribution < -0.4 is 0 Å². The minimum Gasteiger partial charge on any atom is -0.461 e. The number of allylic oxidation sites excluding steroid dienone is 1. The van der Waals surface area contributed by atoms with Gasteiger partial charge in [0.25, 0.3) is 0 Å². The van der Waals surface area contributed by atoms with Gasteiger partial charge in [0.1, 0.15) is 5.69 Å². The zero-order valence-electron chi connectivity index (χ0n) is 13.0. The van der Waals surface area contributed by atoms with E-state index in [9.17, 15) is 4.79 Å². The lowest BCUT2D eigenvalue weighted by Crippen LogP contribution is -2.06. The minimum atomic E-state index is -0.394. The average Bonchev–Trinajstić information content (AvgIpc) is 2.98. The SMILES string of the molecule is CCOC(=O)c1cc2c(/C=C/Cc3ccccc3)c[nH]c2cn1. The largest absolute Gasteiger partial charge is 0.461 e. The zero-order chi connectivity index (χ0) is 16.1.